The van der Waals surface area contributed by atoms with Crippen LogP contribution in [0.1, 0.15) is 51.4 Å². The van der Waals surface area contributed by atoms with E-state index in [9.17, 15) is 4.79 Å². The molecule has 1 saturated carbocycles. The third-order valence-corrected chi connectivity index (χ3v) is 4.07. The number of nitrogens with one attached hydrogen (secondary N) is 1. The van der Waals surface area contributed by atoms with E-state index in [1.807, 2.05) is 0 Å². The Balaban J connectivity index is 1.54. The number of unbranched alkanes of at least 4 members (excludes halogenated alkanes) is 2. The van der Waals surface area contributed by atoms with Gasteiger partial charge in [-0.25, -0.2) is 0 Å². The first-order valence-corrected chi connectivity index (χ1v) is 7.53. The van der Waals surface area contributed by atoms with Crippen molar-refractivity contribution in [1.82, 2.24) is 10.2 Å². The fraction of sp³-hybridized carbons (Fsp3) is 0.929. The van der Waals surface area contributed by atoms with E-state index in [2.05, 4.69) is 10.2 Å². The number of nitrogens with two attached hydrogens (primary N) is 1. The van der Waals surface area contributed by atoms with Gasteiger partial charge in [0.05, 0.1) is 0 Å². The minimum Gasteiger partial charge on any atom is -0.353 e. The molecule has 0 aromatic heterocycles. The quantitative estimate of drug-likeness (QED) is 0.671. The van der Waals surface area contributed by atoms with E-state index in [0.717, 1.165) is 44.7 Å². The molecule has 0 aromatic rings. The largest absolute Gasteiger partial charge is 0.353 e. The number of hydrogen-bond acceptors (Lipinski definition) is 3. The molecule has 0 spiro atoms. The van der Waals surface area contributed by atoms with Gasteiger partial charge in [0, 0.05) is 31.6 Å². The molecule has 1 heterocycles. The average Bonchev–Trinajstić information content (AvgIpc) is 3.20. The van der Waals surface area contributed by atoms with Crippen molar-refractivity contribution in [2.24, 2.45) is 5.73 Å². The normalized spacial score (nSPS) is 22.1. The number of carbonyl (C=O) groups is 1. The summed E-state index contributed by atoms with van der Waals surface area (Å²) in [6.45, 7) is 3.08. The van der Waals surface area contributed by atoms with E-state index in [1.165, 1.54) is 25.9 Å². The van der Waals surface area contributed by atoms with E-state index in [4.69, 9.17) is 5.73 Å². The molecular formula is C14H27N3O. The van der Waals surface area contributed by atoms with Crippen LogP contribution < -0.4 is 11.1 Å². The van der Waals surface area contributed by atoms with Crippen LogP contribution in [0.25, 0.3) is 0 Å². The number of rotatable bonds is 7. The van der Waals surface area contributed by atoms with Gasteiger partial charge in [0.25, 0.3) is 0 Å². The van der Waals surface area contributed by atoms with Crippen LogP contribution in [-0.4, -0.2) is 42.5 Å². The molecule has 1 amide bonds. The van der Waals surface area contributed by atoms with Crippen molar-refractivity contribution in [3.05, 3.63) is 0 Å². The summed E-state index contributed by atoms with van der Waals surface area (Å²) in [5, 5.41) is 3.18. The maximum atomic E-state index is 11.7. The molecular weight excluding hydrogens is 226 g/mol. The summed E-state index contributed by atoms with van der Waals surface area (Å²) in [6, 6.07) is 1.29. The molecule has 2 aliphatic rings. The first-order valence-electron chi connectivity index (χ1n) is 7.53. The van der Waals surface area contributed by atoms with E-state index in [0.29, 0.717) is 12.5 Å². The summed E-state index contributed by atoms with van der Waals surface area (Å²) in [4.78, 5) is 14.3. The van der Waals surface area contributed by atoms with E-state index in [-0.39, 0.29) is 5.91 Å². The number of hydrogen-bond donors (Lipinski definition) is 2. The Morgan fingerprint density at radius 1 is 1.11 bits per heavy atom. The standard InChI is InChI=1S/C14H27N3O/c15-9-3-1-2-4-14(18)16-12-7-10-17(11-8-12)13-5-6-13/h12-13H,1-11,15H2,(H,16,18). The maximum absolute atomic E-state index is 11.7. The molecule has 2 rings (SSSR count). The lowest BCUT2D eigenvalue weighted by Crippen LogP contribution is -2.45. The van der Waals surface area contributed by atoms with Gasteiger partial charge in [-0.3, -0.25) is 4.79 Å². The molecule has 1 saturated heterocycles. The number of carbonyl (C=O) groups excluding carboxylic acids is 1. The summed E-state index contributed by atoms with van der Waals surface area (Å²) in [7, 11) is 0. The number of nitrogens with zero attached hydrogens (tertiary/aromatic N) is 1. The first-order chi connectivity index (χ1) is 8.79. The Hall–Kier alpha value is -0.610. The molecule has 4 nitrogen and oxygen atoms in total. The van der Waals surface area contributed by atoms with Crippen LogP contribution in [0.2, 0.25) is 0 Å². The van der Waals surface area contributed by atoms with Crippen LogP contribution in [0, 0.1) is 0 Å². The van der Waals surface area contributed by atoms with Crippen molar-refractivity contribution in [3.8, 4) is 0 Å². The van der Waals surface area contributed by atoms with Crippen LogP contribution in [0.3, 0.4) is 0 Å². The molecule has 4 heteroatoms. The van der Waals surface area contributed by atoms with Crippen molar-refractivity contribution >= 4 is 5.91 Å². The van der Waals surface area contributed by atoms with E-state index < -0.39 is 0 Å². The van der Waals surface area contributed by atoms with Gasteiger partial charge in [-0.1, -0.05) is 6.42 Å². The van der Waals surface area contributed by atoms with Crippen molar-refractivity contribution in [2.75, 3.05) is 19.6 Å². The van der Waals surface area contributed by atoms with Crippen LogP contribution >= 0.6 is 0 Å². The topological polar surface area (TPSA) is 58.4 Å². The van der Waals surface area contributed by atoms with Crippen LogP contribution in [0.4, 0.5) is 0 Å². The highest BCUT2D eigenvalue weighted by Gasteiger charge is 2.31. The molecule has 104 valence electrons. The zero-order chi connectivity index (χ0) is 12.8. The van der Waals surface area contributed by atoms with Gasteiger partial charge in [-0.2, -0.15) is 0 Å². The molecule has 0 unspecified atom stereocenters. The summed E-state index contributed by atoms with van der Waals surface area (Å²) >= 11 is 0. The molecule has 3 N–H and O–H groups in total. The van der Waals surface area contributed by atoms with Gasteiger partial charge >= 0.3 is 0 Å². The predicted molar refractivity (Wildman–Crippen MR) is 73.3 cm³/mol. The zero-order valence-corrected chi connectivity index (χ0v) is 11.4. The second-order valence-corrected chi connectivity index (χ2v) is 5.71. The SMILES string of the molecule is NCCCCCC(=O)NC1CCN(C2CC2)CC1. The van der Waals surface area contributed by atoms with Crippen molar-refractivity contribution in [3.63, 3.8) is 0 Å². The molecule has 18 heavy (non-hydrogen) atoms. The predicted octanol–water partition coefficient (Wildman–Crippen LogP) is 1.25. The Labute approximate surface area is 110 Å². The van der Waals surface area contributed by atoms with Crippen LogP contribution in [-0.2, 0) is 4.79 Å². The summed E-state index contributed by atoms with van der Waals surface area (Å²) in [5.74, 6) is 0.233. The summed E-state index contributed by atoms with van der Waals surface area (Å²) < 4.78 is 0. The Morgan fingerprint density at radius 3 is 2.44 bits per heavy atom. The molecule has 0 radical (unpaired) electrons. The Morgan fingerprint density at radius 2 is 1.83 bits per heavy atom. The highest BCUT2D eigenvalue weighted by atomic mass is 16.1. The fourth-order valence-corrected chi connectivity index (χ4v) is 2.76. The van der Waals surface area contributed by atoms with Gasteiger partial charge in [-0.15, -0.1) is 0 Å². The van der Waals surface area contributed by atoms with Gasteiger partial charge in [0.15, 0.2) is 0 Å². The highest BCUT2D eigenvalue weighted by Crippen LogP contribution is 2.29. The zero-order valence-electron chi connectivity index (χ0n) is 11.4. The number of piperidine rings is 1. The van der Waals surface area contributed by atoms with E-state index in [1.54, 1.807) is 0 Å². The monoisotopic (exact) mass is 253 g/mol. The Bertz CT molecular complexity index is 258. The lowest BCUT2D eigenvalue weighted by molar-refractivity contribution is -0.122. The maximum Gasteiger partial charge on any atom is 0.220 e. The second-order valence-electron chi connectivity index (χ2n) is 5.71. The first kappa shape index (κ1) is 13.8. The molecule has 0 aromatic carbocycles. The number of likely N-dealkylation sites (tertiary alicyclic amines) is 1. The lowest BCUT2D eigenvalue weighted by Gasteiger charge is -2.32. The van der Waals surface area contributed by atoms with Gasteiger partial charge in [-0.05, 0) is 45.1 Å². The van der Waals surface area contributed by atoms with Gasteiger partial charge in [0.2, 0.25) is 5.91 Å². The minimum absolute atomic E-state index is 0.233. The summed E-state index contributed by atoms with van der Waals surface area (Å²) in [6.07, 6.45) is 8.79. The van der Waals surface area contributed by atoms with Gasteiger partial charge < -0.3 is 16.0 Å². The minimum atomic E-state index is 0.233. The third-order valence-electron chi connectivity index (χ3n) is 4.07. The number of amides is 1. The molecule has 0 atom stereocenters. The summed E-state index contributed by atoms with van der Waals surface area (Å²) in [5.41, 5.74) is 5.43. The average molecular weight is 253 g/mol. The van der Waals surface area contributed by atoms with Crippen molar-refractivity contribution in [2.45, 2.75) is 63.5 Å². The third kappa shape index (κ3) is 4.58. The van der Waals surface area contributed by atoms with E-state index >= 15 is 0 Å². The van der Waals surface area contributed by atoms with Crippen LogP contribution in [0.15, 0.2) is 0 Å². The van der Waals surface area contributed by atoms with Crippen molar-refractivity contribution in [1.29, 1.82) is 0 Å². The molecule has 2 fully saturated rings. The lowest BCUT2D eigenvalue weighted by atomic mass is 10.0. The van der Waals surface area contributed by atoms with Crippen LogP contribution in [0.5, 0.6) is 0 Å². The van der Waals surface area contributed by atoms with Gasteiger partial charge in [0.1, 0.15) is 0 Å². The molecule has 0 bridgehead atoms. The Kier molecular flexibility index (Phi) is 5.45. The fourth-order valence-electron chi connectivity index (χ4n) is 2.76. The molecule has 1 aliphatic heterocycles. The smallest absolute Gasteiger partial charge is 0.220 e. The molecule has 1 aliphatic carbocycles. The second kappa shape index (κ2) is 7.10. The van der Waals surface area contributed by atoms with Crippen molar-refractivity contribution < 1.29 is 4.79 Å². The highest BCUT2D eigenvalue weighted by molar-refractivity contribution is 5.76.